The number of anilines is 1. The predicted octanol–water partition coefficient (Wildman–Crippen LogP) is 3.63. The van der Waals surface area contributed by atoms with Crippen molar-refractivity contribution in [3.8, 4) is 11.3 Å². The van der Waals surface area contributed by atoms with Crippen molar-refractivity contribution in [2.45, 2.75) is 26.2 Å². The molecule has 2 aromatic rings. The summed E-state index contributed by atoms with van der Waals surface area (Å²) in [5.41, 5.74) is 7.87. The Morgan fingerprint density at radius 3 is 2.22 bits per heavy atom. The van der Waals surface area contributed by atoms with Crippen LogP contribution in [0.5, 0.6) is 0 Å². The number of nitrogen functional groups attached to an aromatic ring is 1. The Hall–Kier alpha value is -1.17. The van der Waals surface area contributed by atoms with Gasteiger partial charge in [0.1, 0.15) is 11.6 Å². The lowest BCUT2D eigenvalue weighted by atomic mass is 9.95. The normalized spacial score (nSPS) is 11.6. The summed E-state index contributed by atoms with van der Waals surface area (Å²) in [5.74, 6) is 1.33. The molecular weight excluding hydrogens is 337 g/mol. The average Bonchev–Trinajstić information content (AvgIpc) is 2.32. The van der Waals surface area contributed by atoms with Crippen LogP contribution in [0.25, 0.3) is 11.3 Å². The van der Waals surface area contributed by atoms with Gasteiger partial charge in [0.25, 0.3) is 0 Å². The van der Waals surface area contributed by atoms with E-state index in [1.807, 2.05) is 30.3 Å². The first-order chi connectivity index (χ1) is 8.39. The van der Waals surface area contributed by atoms with Gasteiger partial charge in [-0.15, -0.1) is 0 Å². The zero-order chi connectivity index (χ0) is 13.3. The summed E-state index contributed by atoms with van der Waals surface area (Å²) in [7, 11) is 0. The molecule has 94 valence electrons. The van der Waals surface area contributed by atoms with Gasteiger partial charge in [0.2, 0.25) is 0 Å². The fourth-order valence-corrected chi connectivity index (χ4v) is 2.14. The predicted molar refractivity (Wildman–Crippen MR) is 83.3 cm³/mol. The van der Waals surface area contributed by atoms with E-state index in [1.165, 1.54) is 0 Å². The highest BCUT2D eigenvalue weighted by molar-refractivity contribution is 14.1. The van der Waals surface area contributed by atoms with Crippen molar-refractivity contribution in [2.75, 3.05) is 5.73 Å². The maximum Gasteiger partial charge on any atom is 0.141 e. The van der Waals surface area contributed by atoms with Crippen LogP contribution < -0.4 is 5.73 Å². The summed E-state index contributed by atoms with van der Waals surface area (Å²) in [5, 5.41) is 0. The second-order valence-corrected chi connectivity index (χ2v) is 6.29. The molecule has 0 aliphatic heterocycles. The third kappa shape index (κ3) is 2.63. The van der Waals surface area contributed by atoms with Gasteiger partial charge >= 0.3 is 0 Å². The van der Waals surface area contributed by atoms with E-state index < -0.39 is 0 Å². The standard InChI is InChI=1S/C14H16IN3/c1-14(2,3)13-17-11(10(15)12(16)18-13)9-7-5-4-6-8-9/h4-8H,1-3H3,(H2,16,17,18). The third-order valence-corrected chi connectivity index (χ3v) is 3.66. The SMILES string of the molecule is CC(C)(C)c1nc(N)c(I)c(-c2ccccc2)n1. The highest BCUT2D eigenvalue weighted by Gasteiger charge is 2.21. The van der Waals surface area contributed by atoms with Gasteiger partial charge in [0.15, 0.2) is 0 Å². The smallest absolute Gasteiger partial charge is 0.141 e. The lowest BCUT2D eigenvalue weighted by molar-refractivity contribution is 0.546. The number of nitrogens with two attached hydrogens (primary N) is 1. The minimum absolute atomic E-state index is 0.109. The monoisotopic (exact) mass is 353 g/mol. The van der Waals surface area contributed by atoms with Crippen LogP contribution in [0.15, 0.2) is 30.3 Å². The molecule has 0 aliphatic carbocycles. The molecule has 1 aromatic carbocycles. The summed E-state index contributed by atoms with van der Waals surface area (Å²) < 4.78 is 0.909. The van der Waals surface area contributed by atoms with Crippen LogP contribution in [0.1, 0.15) is 26.6 Å². The van der Waals surface area contributed by atoms with Gasteiger partial charge in [-0.05, 0) is 22.6 Å². The van der Waals surface area contributed by atoms with Crippen LogP contribution in [0, 0.1) is 3.57 Å². The van der Waals surface area contributed by atoms with Gasteiger partial charge in [-0.2, -0.15) is 0 Å². The Morgan fingerprint density at radius 1 is 1.06 bits per heavy atom. The lowest BCUT2D eigenvalue weighted by Gasteiger charge is -2.19. The molecule has 0 radical (unpaired) electrons. The maximum atomic E-state index is 6.00. The summed E-state index contributed by atoms with van der Waals surface area (Å²) >= 11 is 2.20. The highest BCUT2D eigenvalue weighted by Crippen LogP contribution is 2.29. The Kier molecular flexibility index (Phi) is 3.56. The number of hydrogen-bond donors (Lipinski definition) is 1. The Bertz CT molecular complexity index is 559. The third-order valence-electron chi connectivity index (χ3n) is 2.59. The van der Waals surface area contributed by atoms with Crippen molar-refractivity contribution in [2.24, 2.45) is 0 Å². The first-order valence-electron chi connectivity index (χ1n) is 5.78. The van der Waals surface area contributed by atoms with E-state index in [1.54, 1.807) is 0 Å². The number of benzene rings is 1. The van der Waals surface area contributed by atoms with Gasteiger partial charge in [0.05, 0.1) is 9.26 Å². The van der Waals surface area contributed by atoms with Crippen LogP contribution >= 0.6 is 22.6 Å². The van der Waals surface area contributed by atoms with Crippen LogP contribution in [0.3, 0.4) is 0 Å². The number of halogens is 1. The minimum Gasteiger partial charge on any atom is -0.383 e. The Labute approximate surface area is 121 Å². The number of aromatic nitrogens is 2. The molecule has 0 bridgehead atoms. The molecule has 1 heterocycles. The molecule has 0 unspecified atom stereocenters. The molecule has 0 aliphatic rings. The summed E-state index contributed by atoms with van der Waals surface area (Å²) in [4.78, 5) is 9.07. The van der Waals surface area contributed by atoms with Crippen molar-refractivity contribution >= 4 is 28.4 Å². The van der Waals surface area contributed by atoms with Crippen molar-refractivity contribution in [3.05, 3.63) is 39.7 Å². The van der Waals surface area contributed by atoms with E-state index in [9.17, 15) is 0 Å². The van der Waals surface area contributed by atoms with Gasteiger partial charge in [0, 0.05) is 11.0 Å². The van der Waals surface area contributed by atoms with Crippen molar-refractivity contribution in [1.29, 1.82) is 0 Å². The van der Waals surface area contributed by atoms with Crippen LogP contribution in [0.4, 0.5) is 5.82 Å². The molecule has 2 N–H and O–H groups in total. The molecule has 0 amide bonds. The van der Waals surface area contributed by atoms with E-state index in [0.717, 1.165) is 20.7 Å². The Balaban J connectivity index is 2.64. The van der Waals surface area contributed by atoms with Gasteiger partial charge in [-0.25, -0.2) is 9.97 Å². The fourth-order valence-electron chi connectivity index (χ4n) is 1.59. The van der Waals surface area contributed by atoms with Gasteiger partial charge in [-0.3, -0.25) is 0 Å². The molecule has 0 saturated carbocycles. The fraction of sp³-hybridized carbons (Fsp3) is 0.286. The summed E-state index contributed by atoms with van der Waals surface area (Å²) in [6.07, 6.45) is 0. The van der Waals surface area contributed by atoms with E-state index in [2.05, 4.69) is 53.3 Å². The zero-order valence-electron chi connectivity index (χ0n) is 10.7. The molecule has 0 spiro atoms. The topological polar surface area (TPSA) is 51.8 Å². The summed E-state index contributed by atoms with van der Waals surface area (Å²) in [6.45, 7) is 6.26. The first-order valence-corrected chi connectivity index (χ1v) is 6.86. The molecule has 1 aromatic heterocycles. The molecule has 0 atom stereocenters. The van der Waals surface area contributed by atoms with Crippen molar-refractivity contribution < 1.29 is 0 Å². The van der Waals surface area contributed by atoms with Crippen LogP contribution in [-0.2, 0) is 5.41 Å². The summed E-state index contributed by atoms with van der Waals surface area (Å²) in [6, 6.07) is 10.1. The number of hydrogen-bond acceptors (Lipinski definition) is 3. The highest BCUT2D eigenvalue weighted by atomic mass is 127. The van der Waals surface area contributed by atoms with E-state index in [4.69, 9.17) is 5.73 Å². The molecule has 4 heteroatoms. The minimum atomic E-state index is -0.109. The number of rotatable bonds is 1. The molecular formula is C14H16IN3. The average molecular weight is 353 g/mol. The molecule has 2 rings (SSSR count). The molecule has 18 heavy (non-hydrogen) atoms. The maximum absolute atomic E-state index is 6.00. The zero-order valence-corrected chi connectivity index (χ0v) is 12.9. The molecule has 0 fully saturated rings. The quantitative estimate of drug-likeness (QED) is 0.797. The van der Waals surface area contributed by atoms with Crippen LogP contribution in [-0.4, -0.2) is 9.97 Å². The lowest BCUT2D eigenvalue weighted by Crippen LogP contribution is -2.18. The van der Waals surface area contributed by atoms with E-state index in [0.29, 0.717) is 5.82 Å². The Morgan fingerprint density at radius 2 is 1.67 bits per heavy atom. The first kappa shape index (κ1) is 13.3. The molecule has 0 saturated heterocycles. The van der Waals surface area contributed by atoms with Crippen molar-refractivity contribution in [3.63, 3.8) is 0 Å². The molecule has 3 nitrogen and oxygen atoms in total. The van der Waals surface area contributed by atoms with Gasteiger partial charge in [-0.1, -0.05) is 51.1 Å². The largest absolute Gasteiger partial charge is 0.383 e. The van der Waals surface area contributed by atoms with E-state index in [-0.39, 0.29) is 5.41 Å². The van der Waals surface area contributed by atoms with Crippen molar-refractivity contribution in [1.82, 2.24) is 9.97 Å². The number of nitrogens with zero attached hydrogens (tertiary/aromatic N) is 2. The van der Waals surface area contributed by atoms with Crippen LogP contribution in [0.2, 0.25) is 0 Å². The second-order valence-electron chi connectivity index (χ2n) is 5.21. The van der Waals surface area contributed by atoms with E-state index >= 15 is 0 Å². The second kappa shape index (κ2) is 4.84. The van der Waals surface area contributed by atoms with Gasteiger partial charge < -0.3 is 5.73 Å².